The number of ether oxygens (including phenoxy) is 1. The highest BCUT2D eigenvalue weighted by molar-refractivity contribution is 5.85. The van der Waals surface area contributed by atoms with Gasteiger partial charge in [0.05, 0.1) is 0 Å². The minimum atomic E-state index is -0.400. The number of piperazine rings is 1. The average Bonchev–Trinajstić information content (AvgIpc) is 2.77. The lowest BCUT2D eigenvalue weighted by atomic mass is 10.2. The fourth-order valence-electron chi connectivity index (χ4n) is 2.72. The topological polar surface area (TPSA) is 36.0 Å². The number of likely N-dealkylation sites (N-methyl/N-ethyl adjacent to an activating group) is 1. The summed E-state index contributed by atoms with van der Waals surface area (Å²) in [5, 5.41) is 0. The van der Waals surface area contributed by atoms with E-state index in [2.05, 4.69) is 16.8 Å². The summed E-state index contributed by atoms with van der Waals surface area (Å²) in [7, 11) is 2.17. The van der Waals surface area contributed by atoms with Crippen molar-refractivity contribution in [3.05, 3.63) is 0 Å². The van der Waals surface area contributed by atoms with Crippen LogP contribution in [0.1, 0.15) is 27.2 Å². The molecule has 0 N–H and O–H groups in total. The van der Waals surface area contributed by atoms with Gasteiger partial charge >= 0.3 is 6.09 Å². The van der Waals surface area contributed by atoms with Crippen LogP contribution in [0.3, 0.4) is 0 Å². The Labute approximate surface area is 128 Å². The van der Waals surface area contributed by atoms with E-state index in [9.17, 15) is 4.79 Å². The molecular weight excluding hydrogens is 278 g/mol. The average molecular weight is 306 g/mol. The smallest absolute Gasteiger partial charge is 0.410 e. The van der Waals surface area contributed by atoms with Gasteiger partial charge in [-0.1, -0.05) is 0 Å². The van der Waals surface area contributed by atoms with E-state index in [0.717, 1.165) is 45.7 Å². The third kappa shape index (κ3) is 4.79. The third-order valence-corrected chi connectivity index (χ3v) is 3.87. The molecule has 20 heavy (non-hydrogen) atoms. The summed E-state index contributed by atoms with van der Waals surface area (Å²) in [4.78, 5) is 18.8. The Morgan fingerprint density at radius 2 is 1.70 bits per heavy atom. The van der Waals surface area contributed by atoms with Crippen molar-refractivity contribution in [2.24, 2.45) is 0 Å². The van der Waals surface area contributed by atoms with Crippen LogP contribution in [0.15, 0.2) is 0 Å². The van der Waals surface area contributed by atoms with E-state index < -0.39 is 5.60 Å². The van der Waals surface area contributed by atoms with Crippen LogP contribution in [0, 0.1) is 0 Å². The van der Waals surface area contributed by atoms with Gasteiger partial charge in [0.15, 0.2) is 0 Å². The molecule has 2 aliphatic heterocycles. The van der Waals surface area contributed by atoms with Gasteiger partial charge in [0, 0.05) is 45.3 Å². The van der Waals surface area contributed by atoms with Gasteiger partial charge in [-0.05, 0) is 34.2 Å². The molecule has 0 bridgehead atoms. The molecule has 1 amide bonds. The summed E-state index contributed by atoms with van der Waals surface area (Å²) in [6.07, 6.45) is 0.910. The molecule has 2 aliphatic rings. The molecule has 1 atom stereocenters. The zero-order valence-electron chi connectivity index (χ0n) is 13.1. The zero-order valence-corrected chi connectivity index (χ0v) is 13.9. The zero-order chi connectivity index (χ0) is 14.0. The number of hydrogen-bond donors (Lipinski definition) is 0. The summed E-state index contributed by atoms with van der Waals surface area (Å²) < 4.78 is 5.43. The van der Waals surface area contributed by atoms with Crippen molar-refractivity contribution in [1.29, 1.82) is 0 Å². The summed E-state index contributed by atoms with van der Waals surface area (Å²) in [5.41, 5.74) is -0.400. The van der Waals surface area contributed by atoms with E-state index in [0.29, 0.717) is 6.04 Å². The molecule has 6 heteroatoms. The van der Waals surface area contributed by atoms with E-state index in [4.69, 9.17) is 4.74 Å². The highest BCUT2D eigenvalue weighted by Crippen LogP contribution is 2.19. The molecule has 5 nitrogen and oxygen atoms in total. The highest BCUT2D eigenvalue weighted by atomic mass is 35.5. The second-order valence-electron chi connectivity index (χ2n) is 6.71. The normalized spacial score (nSPS) is 25.4. The van der Waals surface area contributed by atoms with Crippen LogP contribution >= 0.6 is 12.4 Å². The molecule has 2 fully saturated rings. The van der Waals surface area contributed by atoms with Gasteiger partial charge in [0.25, 0.3) is 0 Å². The van der Waals surface area contributed by atoms with Crippen molar-refractivity contribution in [2.75, 3.05) is 46.3 Å². The molecule has 2 rings (SSSR count). The van der Waals surface area contributed by atoms with Crippen LogP contribution in [0.4, 0.5) is 4.79 Å². The lowest BCUT2D eigenvalue weighted by molar-refractivity contribution is 0.0272. The lowest BCUT2D eigenvalue weighted by Crippen LogP contribution is -2.50. The minimum absolute atomic E-state index is 0. The van der Waals surface area contributed by atoms with E-state index in [1.165, 1.54) is 0 Å². The molecule has 2 heterocycles. The second kappa shape index (κ2) is 6.96. The van der Waals surface area contributed by atoms with Crippen LogP contribution < -0.4 is 0 Å². The first-order chi connectivity index (χ1) is 8.85. The van der Waals surface area contributed by atoms with Crippen molar-refractivity contribution in [2.45, 2.75) is 38.8 Å². The van der Waals surface area contributed by atoms with Crippen molar-refractivity contribution >= 4 is 18.5 Å². The molecular formula is C14H28ClN3O2. The standard InChI is InChI=1S/C14H27N3O2.ClH/c1-14(2,3)19-13(18)17-6-5-12(11-17)16-9-7-15(4)8-10-16;/h12H,5-11H2,1-4H3;1H/t12-;/m1./s1. The Bertz CT molecular complexity index is 325. The molecule has 2 saturated heterocycles. The van der Waals surface area contributed by atoms with Crippen LogP contribution in [0.2, 0.25) is 0 Å². The first kappa shape index (κ1) is 17.5. The van der Waals surface area contributed by atoms with Gasteiger partial charge in [0.1, 0.15) is 5.60 Å². The number of likely N-dealkylation sites (tertiary alicyclic amines) is 1. The summed E-state index contributed by atoms with van der Waals surface area (Å²) >= 11 is 0. The maximum Gasteiger partial charge on any atom is 0.410 e. The molecule has 0 spiro atoms. The van der Waals surface area contributed by atoms with Gasteiger partial charge in [-0.2, -0.15) is 0 Å². The Morgan fingerprint density at radius 1 is 1.10 bits per heavy atom. The second-order valence-corrected chi connectivity index (χ2v) is 6.71. The van der Waals surface area contributed by atoms with Crippen LogP contribution in [0.25, 0.3) is 0 Å². The van der Waals surface area contributed by atoms with Gasteiger partial charge in [-0.15, -0.1) is 12.4 Å². The molecule has 0 radical (unpaired) electrons. The molecule has 0 aliphatic carbocycles. The fourth-order valence-corrected chi connectivity index (χ4v) is 2.72. The van der Waals surface area contributed by atoms with Crippen LogP contribution in [-0.2, 0) is 4.74 Å². The number of rotatable bonds is 1. The number of nitrogens with zero attached hydrogens (tertiary/aromatic N) is 3. The first-order valence-corrected chi connectivity index (χ1v) is 7.26. The summed E-state index contributed by atoms with van der Waals surface area (Å²) in [5.74, 6) is 0. The Morgan fingerprint density at radius 3 is 2.25 bits per heavy atom. The number of amides is 1. The molecule has 0 aromatic carbocycles. The largest absolute Gasteiger partial charge is 0.444 e. The minimum Gasteiger partial charge on any atom is -0.444 e. The quantitative estimate of drug-likeness (QED) is 0.738. The number of halogens is 1. The first-order valence-electron chi connectivity index (χ1n) is 7.26. The van der Waals surface area contributed by atoms with E-state index in [1.54, 1.807) is 0 Å². The van der Waals surface area contributed by atoms with Crippen molar-refractivity contribution in [3.63, 3.8) is 0 Å². The number of hydrogen-bond acceptors (Lipinski definition) is 4. The summed E-state index contributed by atoms with van der Waals surface area (Å²) in [6.45, 7) is 11.9. The third-order valence-electron chi connectivity index (χ3n) is 3.87. The highest BCUT2D eigenvalue weighted by Gasteiger charge is 2.33. The van der Waals surface area contributed by atoms with E-state index in [-0.39, 0.29) is 18.5 Å². The number of carbonyl (C=O) groups is 1. The molecule has 0 aromatic heterocycles. The maximum atomic E-state index is 12.0. The molecule has 0 unspecified atom stereocenters. The molecule has 0 saturated carbocycles. The van der Waals surface area contributed by atoms with Gasteiger partial charge < -0.3 is 14.5 Å². The lowest BCUT2D eigenvalue weighted by Gasteiger charge is -2.36. The SMILES string of the molecule is CN1CCN([C@@H]2CCN(C(=O)OC(C)(C)C)C2)CC1.Cl. The van der Waals surface area contributed by atoms with Gasteiger partial charge in [0.2, 0.25) is 0 Å². The van der Waals surface area contributed by atoms with Gasteiger partial charge in [-0.3, -0.25) is 4.90 Å². The van der Waals surface area contributed by atoms with Gasteiger partial charge in [-0.25, -0.2) is 4.79 Å². The molecule has 0 aromatic rings. The van der Waals surface area contributed by atoms with Crippen LogP contribution in [0.5, 0.6) is 0 Å². The Balaban J connectivity index is 0.00000200. The Kier molecular flexibility index (Phi) is 6.10. The fraction of sp³-hybridized carbons (Fsp3) is 0.929. The van der Waals surface area contributed by atoms with Crippen molar-refractivity contribution in [3.8, 4) is 0 Å². The number of carbonyl (C=O) groups excluding carboxylic acids is 1. The predicted octanol–water partition coefficient (Wildman–Crippen LogP) is 1.66. The van der Waals surface area contributed by atoms with Crippen molar-refractivity contribution < 1.29 is 9.53 Å². The van der Waals surface area contributed by atoms with Crippen LogP contribution in [-0.4, -0.2) is 78.8 Å². The van der Waals surface area contributed by atoms with E-state index in [1.807, 2.05) is 25.7 Å². The monoisotopic (exact) mass is 305 g/mol. The summed E-state index contributed by atoms with van der Waals surface area (Å²) in [6, 6.07) is 0.515. The Hall–Kier alpha value is -0.520. The maximum absolute atomic E-state index is 12.0. The van der Waals surface area contributed by atoms with E-state index >= 15 is 0 Å². The van der Waals surface area contributed by atoms with Crippen molar-refractivity contribution in [1.82, 2.24) is 14.7 Å². The predicted molar refractivity (Wildman–Crippen MR) is 82.5 cm³/mol. The molecule has 118 valence electrons.